The Morgan fingerprint density at radius 1 is 1.26 bits per heavy atom. The van der Waals surface area contributed by atoms with Gasteiger partial charge in [-0.15, -0.1) is 0 Å². The number of H-pyrrole nitrogens is 1. The molecule has 0 aliphatic heterocycles. The molecule has 0 spiro atoms. The molecule has 3 rings (SSSR count). The van der Waals surface area contributed by atoms with Crippen LogP contribution in [-0.2, 0) is 9.59 Å². The molecule has 2 N–H and O–H groups in total. The summed E-state index contributed by atoms with van der Waals surface area (Å²) < 4.78 is 0.769. The van der Waals surface area contributed by atoms with Crippen LogP contribution in [0.1, 0.15) is 69.8 Å². The minimum atomic E-state index is -0.171. The summed E-state index contributed by atoms with van der Waals surface area (Å²) in [6.45, 7) is 11.9. The van der Waals surface area contributed by atoms with Gasteiger partial charge < -0.3 is 15.2 Å². The molecule has 1 aromatic heterocycles. The number of nitrogens with one attached hydrogen (secondary N) is 2. The van der Waals surface area contributed by atoms with Gasteiger partial charge in [0, 0.05) is 28.4 Å². The Labute approximate surface area is 193 Å². The molecule has 2 atom stereocenters. The maximum atomic E-state index is 13.5. The lowest BCUT2D eigenvalue weighted by molar-refractivity contribution is -0.142. The lowest BCUT2D eigenvalue weighted by Crippen LogP contribution is -2.48. The van der Waals surface area contributed by atoms with Gasteiger partial charge in [-0.1, -0.05) is 48.0 Å². The summed E-state index contributed by atoms with van der Waals surface area (Å²) in [5.41, 5.74) is 1.64. The molecule has 0 radical (unpaired) electrons. The fraction of sp³-hybridized carbons (Fsp3) is 0.542. The van der Waals surface area contributed by atoms with Crippen molar-refractivity contribution < 1.29 is 9.59 Å². The number of nitrogens with zero attached hydrogens (tertiary/aromatic N) is 2. The summed E-state index contributed by atoms with van der Waals surface area (Å²) in [6.07, 6.45) is 11.4. The molecule has 2 aliphatic rings. The first-order valence-corrected chi connectivity index (χ1v) is 11.9. The zero-order valence-electron chi connectivity index (χ0n) is 18.5. The highest BCUT2D eigenvalue weighted by atomic mass is 79.9. The van der Waals surface area contributed by atoms with Gasteiger partial charge in [-0.25, -0.2) is 4.98 Å². The lowest BCUT2D eigenvalue weighted by atomic mass is 9.77. The van der Waals surface area contributed by atoms with E-state index in [4.69, 9.17) is 0 Å². The van der Waals surface area contributed by atoms with Crippen LogP contribution in [0.15, 0.2) is 36.0 Å². The van der Waals surface area contributed by atoms with Crippen molar-refractivity contribution in [2.45, 2.75) is 70.4 Å². The van der Waals surface area contributed by atoms with Crippen molar-refractivity contribution >= 4 is 33.3 Å². The number of carbonyl (C=O) groups excluding carboxylic acids is 2. The Hall–Kier alpha value is -2.15. The predicted octanol–water partition coefficient (Wildman–Crippen LogP) is 4.68. The molecule has 0 bridgehead atoms. The Balaban J connectivity index is 1.74. The van der Waals surface area contributed by atoms with Crippen molar-refractivity contribution in [3.63, 3.8) is 0 Å². The average Bonchev–Trinajstić information content (AvgIpc) is 3.40. The first-order valence-electron chi connectivity index (χ1n) is 11.1. The van der Waals surface area contributed by atoms with Crippen molar-refractivity contribution in [1.82, 2.24) is 20.2 Å². The van der Waals surface area contributed by atoms with Crippen molar-refractivity contribution in [3.8, 4) is 0 Å². The third-order valence-electron chi connectivity index (χ3n) is 6.00. The SMILES string of the molecule is C=C(Br)/C=C\C(=C)c1cnc(C2CCCCC2C(=O)N(CC(=O)NC2CC2)C(C)C)[nH]1. The van der Waals surface area contributed by atoms with E-state index in [1.807, 2.05) is 26.0 Å². The van der Waals surface area contributed by atoms with E-state index in [2.05, 4.69) is 44.4 Å². The highest BCUT2D eigenvalue weighted by molar-refractivity contribution is 9.11. The van der Waals surface area contributed by atoms with Gasteiger partial charge in [0.15, 0.2) is 0 Å². The van der Waals surface area contributed by atoms with E-state index in [0.29, 0.717) is 6.04 Å². The van der Waals surface area contributed by atoms with Crippen LogP contribution in [0.4, 0.5) is 0 Å². The van der Waals surface area contributed by atoms with Gasteiger partial charge in [0.2, 0.25) is 11.8 Å². The Kier molecular flexibility index (Phi) is 7.92. The number of hydrogen-bond donors (Lipinski definition) is 2. The molecule has 2 amide bonds. The van der Waals surface area contributed by atoms with Gasteiger partial charge in [0.05, 0.1) is 18.4 Å². The highest BCUT2D eigenvalue weighted by Crippen LogP contribution is 2.38. The second-order valence-electron chi connectivity index (χ2n) is 8.89. The molecule has 0 saturated heterocycles. The van der Waals surface area contributed by atoms with Crippen LogP contribution < -0.4 is 5.32 Å². The van der Waals surface area contributed by atoms with Crippen molar-refractivity contribution in [1.29, 1.82) is 0 Å². The quantitative estimate of drug-likeness (QED) is 0.495. The largest absolute Gasteiger partial charge is 0.352 e. The molecular formula is C24H33BrN4O2. The molecular weight excluding hydrogens is 456 g/mol. The topological polar surface area (TPSA) is 78.1 Å². The number of rotatable bonds is 9. The van der Waals surface area contributed by atoms with Crippen LogP contribution in [0.25, 0.3) is 5.57 Å². The number of carbonyl (C=O) groups is 2. The smallest absolute Gasteiger partial charge is 0.239 e. The lowest BCUT2D eigenvalue weighted by Gasteiger charge is -2.35. The third-order valence-corrected chi connectivity index (χ3v) is 6.27. The van der Waals surface area contributed by atoms with Crippen molar-refractivity contribution in [2.24, 2.45) is 5.92 Å². The van der Waals surface area contributed by atoms with Crippen molar-refractivity contribution in [3.05, 3.63) is 47.5 Å². The summed E-state index contributed by atoms with van der Waals surface area (Å²) in [5, 5.41) is 3.00. The van der Waals surface area contributed by atoms with Gasteiger partial charge >= 0.3 is 0 Å². The van der Waals surface area contributed by atoms with E-state index in [9.17, 15) is 9.59 Å². The summed E-state index contributed by atoms with van der Waals surface area (Å²) in [6, 6.07) is 0.263. The standard InChI is InChI=1S/C24H33BrN4O2/c1-15(2)29(14-22(30)27-18-11-12-18)24(31)20-8-6-5-7-19(20)23-26-13-21(28-23)16(3)9-10-17(4)25/h9-10,13,15,18-20H,3-8,11-12,14H2,1-2H3,(H,26,28)(H,27,30)/b10-9-. The molecule has 2 aliphatic carbocycles. The number of hydrogen-bond acceptors (Lipinski definition) is 3. The molecule has 1 heterocycles. The minimum absolute atomic E-state index is 0.0191. The molecule has 168 valence electrons. The maximum Gasteiger partial charge on any atom is 0.239 e. The Morgan fingerprint density at radius 2 is 1.97 bits per heavy atom. The fourth-order valence-electron chi connectivity index (χ4n) is 4.11. The van der Waals surface area contributed by atoms with Crippen molar-refractivity contribution in [2.75, 3.05) is 6.54 Å². The second kappa shape index (κ2) is 10.4. The number of allylic oxidation sites excluding steroid dienone is 4. The van der Waals surface area contributed by atoms with Gasteiger partial charge in [-0.05, 0) is 51.2 Å². The van der Waals surface area contributed by atoms with Gasteiger partial charge in [-0.2, -0.15) is 0 Å². The fourth-order valence-corrected chi connectivity index (χ4v) is 4.24. The number of amides is 2. The molecule has 2 unspecified atom stereocenters. The Morgan fingerprint density at radius 3 is 2.61 bits per heavy atom. The van der Waals surface area contributed by atoms with Crippen LogP contribution in [0.2, 0.25) is 0 Å². The first kappa shape index (κ1) is 23.5. The van der Waals surface area contributed by atoms with Crippen LogP contribution in [0.5, 0.6) is 0 Å². The van der Waals surface area contributed by atoms with Crippen LogP contribution in [-0.4, -0.2) is 45.3 Å². The summed E-state index contributed by atoms with van der Waals surface area (Å²) in [4.78, 5) is 35.6. The van der Waals surface area contributed by atoms with E-state index in [0.717, 1.165) is 60.1 Å². The second-order valence-corrected chi connectivity index (χ2v) is 9.91. The summed E-state index contributed by atoms with van der Waals surface area (Å²) >= 11 is 3.31. The zero-order chi connectivity index (χ0) is 22.5. The number of halogens is 1. The maximum absolute atomic E-state index is 13.5. The highest BCUT2D eigenvalue weighted by Gasteiger charge is 2.37. The number of imidazole rings is 1. The monoisotopic (exact) mass is 488 g/mol. The number of aromatic nitrogens is 2. The summed E-state index contributed by atoms with van der Waals surface area (Å²) in [7, 11) is 0. The Bertz CT molecular complexity index is 869. The number of aromatic amines is 1. The molecule has 6 nitrogen and oxygen atoms in total. The van der Waals surface area contributed by atoms with E-state index in [1.165, 1.54) is 0 Å². The van der Waals surface area contributed by atoms with E-state index >= 15 is 0 Å². The molecule has 7 heteroatoms. The average molecular weight is 489 g/mol. The zero-order valence-corrected chi connectivity index (χ0v) is 20.1. The third kappa shape index (κ3) is 6.42. The van der Waals surface area contributed by atoms with Crippen LogP contribution >= 0.6 is 15.9 Å². The van der Waals surface area contributed by atoms with Gasteiger partial charge in [0.25, 0.3) is 0 Å². The normalized spacial score (nSPS) is 21.3. The molecule has 31 heavy (non-hydrogen) atoms. The molecule has 1 aromatic rings. The minimum Gasteiger partial charge on any atom is -0.352 e. The molecule has 2 saturated carbocycles. The van der Waals surface area contributed by atoms with Gasteiger partial charge in [-0.3, -0.25) is 9.59 Å². The molecule has 2 fully saturated rings. The molecule has 0 aromatic carbocycles. The van der Waals surface area contributed by atoms with E-state index < -0.39 is 0 Å². The van der Waals surface area contributed by atoms with Crippen LogP contribution in [0, 0.1) is 5.92 Å². The first-order chi connectivity index (χ1) is 14.8. The van der Waals surface area contributed by atoms with E-state index in [1.54, 1.807) is 11.1 Å². The predicted molar refractivity (Wildman–Crippen MR) is 128 cm³/mol. The van der Waals surface area contributed by atoms with E-state index in [-0.39, 0.29) is 36.2 Å². The van der Waals surface area contributed by atoms with Crippen LogP contribution in [0.3, 0.4) is 0 Å². The summed E-state index contributed by atoms with van der Waals surface area (Å²) in [5.74, 6) is 0.665. The van der Waals surface area contributed by atoms with Gasteiger partial charge in [0.1, 0.15) is 5.82 Å².